The van der Waals surface area contributed by atoms with Crippen molar-refractivity contribution < 1.29 is 27.8 Å². The second-order valence-corrected chi connectivity index (χ2v) is 7.23. The molecule has 0 atom stereocenters. The Hall–Kier alpha value is -3.07. The molecule has 4 rings (SSSR count). The molecule has 0 amide bonds. The third kappa shape index (κ3) is 3.72. The van der Waals surface area contributed by atoms with Crippen molar-refractivity contribution >= 4 is 22.7 Å². The summed E-state index contributed by atoms with van der Waals surface area (Å²) in [5, 5.41) is 9.66. The summed E-state index contributed by atoms with van der Waals surface area (Å²) >= 11 is 0. The Morgan fingerprint density at radius 2 is 1.97 bits per heavy atom. The van der Waals surface area contributed by atoms with Gasteiger partial charge in [0.25, 0.3) is 0 Å². The van der Waals surface area contributed by atoms with E-state index >= 15 is 0 Å². The number of fused-ring (bicyclic) bond motifs is 1. The summed E-state index contributed by atoms with van der Waals surface area (Å²) in [6.07, 6.45) is -2.96. The molecule has 1 fully saturated rings. The molecule has 0 bridgehead atoms. The number of benzene rings is 2. The Morgan fingerprint density at radius 1 is 1.23 bits per heavy atom. The van der Waals surface area contributed by atoms with Crippen molar-refractivity contribution in [2.24, 2.45) is 0 Å². The molecule has 9 heteroatoms. The molecule has 1 aromatic heterocycles. The van der Waals surface area contributed by atoms with E-state index in [4.69, 9.17) is 4.74 Å². The standard InChI is InChI=1S/C21H20F3N3O3/c1-13-14(3-2-4-17(13)21(22,23)24)11-27-12-25-19-16(20(28)29)9-15(10-18(19)27)26-5-7-30-8-6-26/h2-4,9-10,12H,5-8,11H2,1H3,(H,28,29). The number of ether oxygens (including phenoxy) is 1. The molecule has 2 aromatic carbocycles. The first kappa shape index (κ1) is 20.2. The van der Waals surface area contributed by atoms with Gasteiger partial charge in [-0.2, -0.15) is 13.2 Å². The molecule has 3 aromatic rings. The molecule has 1 aliphatic rings. The number of imidazole rings is 1. The number of aromatic carboxylic acids is 1. The second-order valence-electron chi connectivity index (χ2n) is 7.23. The average Bonchev–Trinajstić information content (AvgIpc) is 3.11. The van der Waals surface area contributed by atoms with Crippen molar-refractivity contribution in [3.05, 3.63) is 58.9 Å². The molecule has 158 valence electrons. The Balaban J connectivity index is 1.79. The number of anilines is 1. The number of carboxylic acid groups (broad SMARTS) is 1. The van der Waals surface area contributed by atoms with Crippen molar-refractivity contribution in [3.8, 4) is 0 Å². The zero-order valence-electron chi connectivity index (χ0n) is 16.2. The number of halogens is 3. The Bertz CT molecular complexity index is 1100. The summed E-state index contributed by atoms with van der Waals surface area (Å²) in [6.45, 7) is 3.94. The molecule has 30 heavy (non-hydrogen) atoms. The fraction of sp³-hybridized carbons (Fsp3) is 0.333. The lowest BCUT2D eigenvalue weighted by Gasteiger charge is -2.29. The number of morpholine rings is 1. The highest BCUT2D eigenvalue weighted by Crippen LogP contribution is 2.34. The van der Waals surface area contributed by atoms with Crippen LogP contribution in [0.5, 0.6) is 0 Å². The maximum Gasteiger partial charge on any atom is 0.416 e. The largest absolute Gasteiger partial charge is 0.478 e. The molecule has 0 unspecified atom stereocenters. The van der Waals surface area contributed by atoms with Gasteiger partial charge in [-0.1, -0.05) is 12.1 Å². The number of carbonyl (C=O) groups is 1. The fourth-order valence-corrected chi connectivity index (χ4v) is 3.79. The highest BCUT2D eigenvalue weighted by atomic mass is 19.4. The van der Waals surface area contributed by atoms with Crippen LogP contribution in [-0.2, 0) is 17.5 Å². The molecule has 0 spiro atoms. The molecule has 2 heterocycles. The van der Waals surface area contributed by atoms with Gasteiger partial charge >= 0.3 is 12.1 Å². The number of nitrogens with zero attached hydrogens (tertiary/aromatic N) is 3. The smallest absolute Gasteiger partial charge is 0.416 e. The quantitative estimate of drug-likeness (QED) is 0.694. The number of rotatable bonds is 4. The van der Waals surface area contributed by atoms with Crippen molar-refractivity contribution in [1.82, 2.24) is 9.55 Å². The first-order valence-corrected chi connectivity index (χ1v) is 9.46. The fourth-order valence-electron chi connectivity index (χ4n) is 3.79. The van der Waals surface area contributed by atoms with Crippen LogP contribution < -0.4 is 4.90 Å². The van der Waals surface area contributed by atoms with Crippen LogP contribution in [0.1, 0.15) is 27.0 Å². The molecule has 6 nitrogen and oxygen atoms in total. The maximum absolute atomic E-state index is 13.3. The molecular weight excluding hydrogens is 399 g/mol. The zero-order valence-corrected chi connectivity index (χ0v) is 16.2. The van der Waals surface area contributed by atoms with Crippen LogP contribution >= 0.6 is 0 Å². The Morgan fingerprint density at radius 3 is 2.63 bits per heavy atom. The van der Waals surface area contributed by atoms with Gasteiger partial charge in [0.1, 0.15) is 5.52 Å². The summed E-state index contributed by atoms with van der Waals surface area (Å²) < 4.78 is 46.8. The summed E-state index contributed by atoms with van der Waals surface area (Å²) in [5.74, 6) is -1.10. The summed E-state index contributed by atoms with van der Waals surface area (Å²) in [4.78, 5) is 18.1. The van der Waals surface area contributed by atoms with Crippen LogP contribution in [0.15, 0.2) is 36.7 Å². The maximum atomic E-state index is 13.3. The molecule has 1 saturated heterocycles. The van der Waals surface area contributed by atoms with Gasteiger partial charge in [-0.15, -0.1) is 0 Å². The predicted octanol–water partition coefficient (Wildman–Crippen LogP) is 3.95. The van der Waals surface area contributed by atoms with Crippen LogP contribution in [0, 0.1) is 6.92 Å². The minimum atomic E-state index is -4.43. The van der Waals surface area contributed by atoms with Gasteiger partial charge in [-0.3, -0.25) is 0 Å². The Labute approximate surface area is 170 Å². The van der Waals surface area contributed by atoms with Gasteiger partial charge in [0, 0.05) is 25.3 Å². The molecule has 0 saturated carbocycles. The van der Waals surface area contributed by atoms with Crippen molar-refractivity contribution in [1.29, 1.82) is 0 Å². The second kappa shape index (κ2) is 7.64. The number of carboxylic acids is 1. The number of aromatic nitrogens is 2. The highest BCUT2D eigenvalue weighted by Gasteiger charge is 2.32. The van der Waals surface area contributed by atoms with E-state index in [2.05, 4.69) is 4.98 Å². The van der Waals surface area contributed by atoms with E-state index in [1.165, 1.54) is 19.3 Å². The normalized spacial score (nSPS) is 15.0. The molecular formula is C21H20F3N3O3. The van der Waals surface area contributed by atoms with Crippen LogP contribution in [-0.4, -0.2) is 46.9 Å². The molecule has 0 radical (unpaired) electrons. The minimum Gasteiger partial charge on any atom is -0.478 e. The summed E-state index contributed by atoms with van der Waals surface area (Å²) in [7, 11) is 0. The molecule has 1 aliphatic heterocycles. The lowest BCUT2D eigenvalue weighted by Crippen LogP contribution is -2.36. The van der Waals surface area contributed by atoms with Gasteiger partial charge in [0.15, 0.2) is 0 Å². The van der Waals surface area contributed by atoms with E-state index < -0.39 is 17.7 Å². The predicted molar refractivity (Wildman–Crippen MR) is 105 cm³/mol. The van der Waals surface area contributed by atoms with Crippen LogP contribution in [0.4, 0.5) is 18.9 Å². The molecule has 0 aliphatic carbocycles. The van der Waals surface area contributed by atoms with Crippen molar-refractivity contribution in [2.75, 3.05) is 31.2 Å². The number of alkyl halides is 3. The van der Waals surface area contributed by atoms with Gasteiger partial charge in [-0.05, 0) is 36.2 Å². The van der Waals surface area contributed by atoms with E-state index in [0.29, 0.717) is 42.9 Å². The lowest BCUT2D eigenvalue weighted by atomic mass is 10.0. The van der Waals surface area contributed by atoms with Gasteiger partial charge in [-0.25, -0.2) is 9.78 Å². The van der Waals surface area contributed by atoms with Crippen molar-refractivity contribution in [2.45, 2.75) is 19.6 Å². The van der Waals surface area contributed by atoms with Gasteiger partial charge in [0.05, 0.1) is 36.2 Å². The van der Waals surface area contributed by atoms with Gasteiger partial charge in [0.2, 0.25) is 0 Å². The van der Waals surface area contributed by atoms with Crippen molar-refractivity contribution in [3.63, 3.8) is 0 Å². The summed E-state index contributed by atoms with van der Waals surface area (Å²) in [5.41, 5.74) is 1.63. The van der Waals surface area contributed by atoms with E-state index in [9.17, 15) is 23.1 Å². The topological polar surface area (TPSA) is 67.6 Å². The average molecular weight is 419 g/mol. The molecule has 1 N–H and O–H groups in total. The van der Waals surface area contributed by atoms with E-state index in [0.717, 1.165) is 11.8 Å². The van der Waals surface area contributed by atoms with E-state index in [-0.39, 0.29) is 17.7 Å². The number of hydrogen-bond donors (Lipinski definition) is 1. The third-order valence-corrected chi connectivity index (χ3v) is 5.41. The minimum absolute atomic E-state index is 0.0634. The third-order valence-electron chi connectivity index (χ3n) is 5.41. The number of hydrogen-bond acceptors (Lipinski definition) is 4. The first-order valence-electron chi connectivity index (χ1n) is 9.46. The monoisotopic (exact) mass is 419 g/mol. The van der Waals surface area contributed by atoms with Crippen LogP contribution in [0.25, 0.3) is 11.0 Å². The zero-order chi connectivity index (χ0) is 21.5. The van der Waals surface area contributed by atoms with Crippen LogP contribution in [0.3, 0.4) is 0 Å². The summed E-state index contributed by atoms with van der Waals surface area (Å²) in [6, 6.07) is 7.50. The SMILES string of the molecule is Cc1c(Cn2cnc3c(C(=O)O)cc(N4CCOCC4)cc32)cccc1C(F)(F)F. The highest BCUT2D eigenvalue weighted by molar-refractivity contribution is 6.02. The van der Waals surface area contributed by atoms with E-state index in [1.54, 1.807) is 16.7 Å². The van der Waals surface area contributed by atoms with Gasteiger partial charge < -0.3 is 19.3 Å². The van der Waals surface area contributed by atoms with Crippen LogP contribution in [0.2, 0.25) is 0 Å². The Kier molecular flexibility index (Phi) is 5.15. The van der Waals surface area contributed by atoms with E-state index in [1.807, 2.05) is 11.0 Å². The lowest BCUT2D eigenvalue weighted by molar-refractivity contribution is -0.138. The first-order chi connectivity index (χ1) is 14.3.